The minimum Gasteiger partial charge on any atom is -0.505 e. The van der Waals surface area contributed by atoms with Crippen molar-refractivity contribution in [1.82, 2.24) is 15.0 Å². The highest BCUT2D eigenvalue weighted by Gasteiger charge is 2.26. The van der Waals surface area contributed by atoms with Gasteiger partial charge in [-0.1, -0.05) is 5.16 Å². The standard InChI is InChI=1S/C15H17F2N3O2/c1-9-18-15(22-19-9)10-4-6-20(7-5-10)8-11-12(16)2-3-13(21)14(11)17/h2-3,10,21H,4-8H2,1H3. The van der Waals surface area contributed by atoms with Crippen LogP contribution >= 0.6 is 0 Å². The molecule has 1 aromatic carbocycles. The molecule has 3 rings (SSSR count). The normalized spacial score (nSPS) is 17.0. The molecule has 0 bridgehead atoms. The number of aryl methyl sites for hydroxylation is 1. The number of aromatic hydroxyl groups is 1. The van der Waals surface area contributed by atoms with E-state index in [9.17, 15) is 13.9 Å². The molecule has 0 amide bonds. The van der Waals surface area contributed by atoms with Crippen molar-refractivity contribution >= 4 is 0 Å². The Morgan fingerprint density at radius 2 is 2.05 bits per heavy atom. The van der Waals surface area contributed by atoms with Gasteiger partial charge in [0.1, 0.15) is 5.82 Å². The van der Waals surface area contributed by atoms with E-state index in [1.165, 1.54) is 0 Å². The van der Waals surface area contributed by atoms with E-state index in [2.05, 4.69) is 10.1 Å². The Kier molecular flexibility index (Phi) is 4.06. The van der Waals surface area contributed by atoms with Crippen molar-refractivity contribution in [3.8, 4) is 5.75 Å². The van der Waals surface area contributed by atoms with E-state index in [-0.39, 0.29) is 18.0 Å². The third-order valence-electron chi connectivity index (χ3n) is 4.03. The summed E-state index contributed by atoms with van der Waals surface area (Å²) in [6.07, 6.45) is 1.59. The molecule has 1 saturated heterocycles. The van der Waals surface area contributed by atoms with Crippen LogP contribution in [0.2, 0.25) is 0 Å². The molecule has 7 heteroatoms. The van der Waals surface area contributed by atoms with Crippen LogP contribution in [0.1, 0.15) is 36.0 Å². The second kappa shape index (κ2) is 6.00. The van der Waals surface area contributed by atoms with Crippen molar-refractivity contribution < 1.29 is 18.4 Å². The largest absolute Gasteiger partial charge is 0.505 e. The molecule has 0 spiro atoms. The molecule has 1 N–H and O–H groups in total. The SMILES string of the molecule is Cc1noc(C2CCN(Cc3c(F)ccc(O)c3F)CC2)n1. The van der Waals surface area contributed by atoms with E-state index in [1.54, 1.807) is 6.92 Å². The smallest absolute Gasteiger partial charge is 0.229 e. The molecule has 0 aliphatic carbocycles. The summed E-state index contributed by atoms with van der Waals surface area (Å²) in [5, 5.41) is 13.1. The summed E-state index contributed by atoms with van der Waals surface area (Å²) in [5.74, 6) is -0.600. The molecule has 0 unspecified atom stereocenters. The monoisotopic (exact) mass is 309 g/mol. The number of phenols is 1. The molecule has 0 radical (unpaired) electrons. The van der Waals surface area contributed by atoms with Gasteiger partial charge in [0, 0.05) is 18.0 Å². The molecule has 1 aliphatic heterocycles. The Morgan fingerprint density at radius 1 is 1.32 bits per heavy atom. The first-order valence-electron chi connectivity index (χ1n) is 7.23. The number of halogens is 2. The number of aromatic nitrogens is 2. The summed E-state index contributed by atoms with van der Waals surface area (Å²) >= 11 is 0. The molecule has 5 nitrogen and oxygen atoms in total. The predicted octanol–water partition coefficient (Wildman–Crippen LogP) is 2.74. The second-order valence-electron chi connectivity index (χ2n) is 5.59. The van der Waals surface area contributed by atoms with Gasteiger partial charge in [-0.25, -0.2) is 8.78 Å². The van der Waals surface area contributed by atoms with Gasteiger partial charge in [-0.05, 0) is 45.0 Å². The van der Waals surface area contributed by atoms with Gasteiger partial charge >= 0.3 is 0 Å². The van der Waals surface area contributed by atoms with Crippen molar-refractivity contribution in [3.05, 3.63) is 41.0 Å². The van der Waals surface area contributed by atoms with Crippen LogP contribution in [0.5, 0.6) is 5.75 Å². The van der Waals surface area contributed by atoms with Crippen LogP contribution in [0.3, 0.4) is 0 Å². The molecular formula is C15H17F2N3O2. The minimum absolute atomic E-state index is 0.0907. The first-order chi connectivity index (χ1) is 10.5. The van der Waals surface area contributed by atoms with Crippen molar-refractivity contribution in [1.29, 1.82) is 0 Å². The van der Waals surface area contributed by atoms with Gasteiger partial charge in [0.05, 0.1) is 0 Å². The molecule has 2 aromatic rings. The lowest BCUT2D eigenvalue weighted by Gasteiger charge is -2.30. The zero-order valence-electron chi connectivity index (χ0n) is 12.2. The summed E-state index contributed by atoms with van der Waals surface area (Å²) in [6, 6.07) is 2.11. The maximum atomic E-state index is 13.8. The van der Waals surface area contributed by atoms with Gasteiger partial charge in [-0.2, -0.15) is 4.98 Å². The molecule has 22 heavy (non-hydrogen) atoms. The first-order valence-corrected chi connectivity index (χ1v) is 7.23. The van der Waals surface area contributed by atoms with E-state index in [1.807, 2.05) is 4.90 Å². The number of rotatable bonds is 3. The number of piperidine rings is 1. The van der Waals surface area contributed by atoms with E-state index in [0.29, 0.717) is 24.8 Å². The lowest BCUT2D eigenvalue weighted by Crippen LogP contribution is -2.33. The van der Waals surface area contributed by atoms with Crippen molar-refractivity contribution in [3.63, 3.8) is 0 Å². The second-order valence-corrected chi connectivity index (χ2v) is 5.59. The summed E-state index contributed by atoms with van der Waals surface area (Å²) in [7, 11) is 0. The first kappa shape index (κ1) is 14.9. The van der Waals surface area contributed by atoms with Crippen LogP contribution in [-0.2, 0) is 6.54 Å². The number of nitrogens with zero attached hydrogens (tertiary/aromatic N) is 3. The number of benzene rings is 1. The van der Waals surface area contributed by atoms with Crippen LogP contribution in [0.15, 0.2) is 16.7 Å². The van der Waals surface area contributed by atoms with Gasteiger partial charge < -0.3 is 9.63 Å². The van der Waals surface area contributed by atoms with Gasteiger partial charge in [-0.3, -0.25) is 4.90 Å². The van der Waals surface area contributed by atoms with Gasteiger partial charge in [0.2, 0.25) is 5.89 Å². The average molecular weight is 309 g/mol. The fourth-order valence-electron chi connectivity index (χ4n) is 2.77. The van der Waals surface area contributed by atoms with Gasteiger partial charge in [0.15, 0.2) is 17.4 Å². The van der Waals surface area contributed by atoms with Crippen molar-refractivity contribution in [2.75, 3.05) is 13.1 Å². The Balaban J connectivity index is 1.64. The van der Waals surface area contributed by atoms with Crippen LogP contribution < -0.4 is 0 Å². The molecule has 1 aromatic heterocycles. The summed E-state index contributed by atoms with van der Waals surface area (Å²) in [6.45, 7) is 3.28. The summed E-state index contributed by atoms with van der Waals surface area (Å²) < 4.78 is 32.7. The maximum Gasteiger partial charge on any atom is 0.229 e. The predicted molar refractivity (Wildman–Crippen MR) is 74.3 cm³/mol. The Bertz CT molecular complexity index is 667. The average Bonchev–Trinajstić information content (AvgIpc) is 2.95. The Morgan fingerprint density at radius 3 is 2.68 bits per heavy atom. The molecule has 0 atom stereocenters. The number of phenolic OH excluding ortho intramolecular Hbond substituents is 1. The van der Waals surface area contributed by atoms with Gasteiger partial charge in [-0.15, -0.1) is 0 Å². The molecule has 0 saturated carbocycles. The highest BCUT2D eigenvalue weighted by Crippen LogP contribution is 2.29. The Labute approximate surface area is 126 Å². The van der Waals surface area contributed by atoms with E-state index in [0.717, 1.165) is 25.0 Å². The molecular weight excluding hydrogens is 292 g/mol. The number of hydrogen-bond donors (Lipinski definition) is 1. The zero-order valence-corrected chi connectivity index (χ0v) is 12.2. The van der Waals surface area contributed by atoms with E-state index < -0.39 is 17.4 Å². The lowest BCUT2D eigenvalue weighted by atomic mass is 9.96. The fraction of sp³-hybridized carbons (Fsp3) is 0.467. The van der Waals surface area contributed by atoms with Crippen LogP contribution in [0.25, 0.3) is 0 Å². The van der Waals surface area contributed by atoms with E-state index in [4.69, 9.17) is 4.52 Å². The lowest BCUT2D eigenvalue weighted by molar-refractivity contribution is 0.183. The third-order valence-corrected chi connectivity index (χ3v) is 4.03. The number of hydrogen-bond acceptors (Lipinski definition) is 5. The molecule has 1 aliphatic rings. The maximum absolute atomic E-state index is 13.8. The van der Waals surface area contributed by atoms with Crippen molar-refractivity contribution in [2.24, 2.45) is 0 Å². The highest BCUT2D eigenvalue weighted by atomic mass is 19.1. The van der Waals surface area contributed by atoms with Crippen LogP contribution in [0.4, 0.5) is 8.78 Å². The fourth-order valence-corrected chi connectivity index (χ4v) is 2.77. The summed E-state index contributed by atoms with van der Waals surface area (Å²) in [5.41, 5.74) is -0.0907. The van der Waals surface area contributed by atoms with E-state index >= 15 is 0 Å². The van der Waals surface area contributed by atoms with Crippen LogP contribution in [-0.4, -0.2) is 33.2 Å². The quantitative estimate of drug-likeness (QED) is 0.944. The Hall–Kier alpha value is -2.02. The third kappa shape index (κ3) is 2.94. The molecule has 2 heterocycles. The topological polar surface area (TPSA) is 62.4 Å². The molecule has 1 fully saturated rings. The number of likely N-dealkylation sites (tertiary alicyclic amines) is 1. The van der Waals surface area contributed by atoms with Crippen molar-refractivity contribution in [2.45, 2.75) is 32.2 Å². The van der Waals surface area contributed by atoms with Crippen LogP contribution in [0, 0.1) is 18.6 Å². The zero-order chi connectivity index (χ0) is 15.7. The molecule has 118 valence electrons. The highest BCUT2D eigenvalue weighted by molar-refractivity contribution is 5.31. The van der Waals surface area contributed by atoms with Gasteiger partial charge in [0.25, 0.3) is 0 Å². The minimum atomic E-state index is -0.880. The summed E-state index contributed by atoms with van der Waals surface area (Å²) in [4.78, 5) is 6.19.